The summed E-state index contributed by atoms with van der Waals surface area (Å²) in [6.07, 6.45) is 11.4. The van der Waals surface area contributed by atoms with Gasteiger partial charge >= 0.3 is 0 Å². The normalized spacial score (nSPS) is 20.4. The summed E-state index contributed by atoms with van der Waals surface area (Å²) in [5.74, 6) is 2.53. The summed E-state index contributed by atoms with van der Waals surface area (Å²) >= 11 is 0. The number of ether oxygens (including phenoxy) is 1. The van der Waals surface area contributed by atoms with Crippen LogP contribution in [0.2, 0.25) is 0 Å². The lowest BCUT2D eigenvalue weighted by molar-refractivity contribution is 0.275. The van der Waals surface area contributed by atoms with Gasteiger partial charge in [0.15, 0.2) is 0 Å². The van der Waals surface area contributed by atoms with E-state index in [0.717, 1.165) is 54.7 Å². The number of aromatic hydroxyl groups is 1. The van der Waals surface area contributed by atoms with Crippen LogP contribution in [0.1, 0.15) is 68.1 Å². The van der Waals surface area contributed by atoms with Crippen molar-refractivity contribution in [3.8, 4) is 11.5 Å². The number of hydrogen-bond acceptors (Lipinski definition) is 2. The minimum Gasteiger partial charge on any atom is -0.507 e. The molecule has 2 nitrogen and oxygen atoms in total. The van der Waals surface area contributed by atoms with Gasteiger partial charge in [-0.2, -0.15) is 0 Å². The Labute approximate surface area is 174 Å². The van der Waals surface area contributed by atoms with Gasteiger partial charge in [0.25, 0.3) is 0 Å². The van der Waals surface area contributed by atoms with Crippen LogP contribution in [0.4, 0.5) is 0 Å². The number of aryl methyl sites for hydroxylation is 2. The summed E-state index contributed by atoms with van der Waals surface area (Å²) in [5.41, 5.74) is 4.93. The predicted octanol–water partition coefficient (Wildman–Crippen LogP) is 7.08. The minimum absolute atomic E-state index is 0.201. The highest BCUT2D eigenvalue weighted by molar-refractivity contribution is 5.54. The van der Waals surface area contributed by atoms with Crippen LogP contribution in [-0.2, 0) is 12.8 Å². The maximum absolute atomic E-state index is 10.8. The van der Waals surface area contributed by atoms with Crippen LogP contribution in [0, 0.1) is 5.92 Å². The molecule has 1 heterocycles. The number of unbranched alkanes of at least 4 members (excludes halogenated alkanes) is 3. The number of hydrogen-bond donors (Lipinski definition) is 1. The molecule has 29 heavy (non-hydrogen) atoms. The molecule has 2 atom stereocenters. The minimum atomic E-state index is 0.201. The molecule has 0 saturated heterocycles. The van der Waals surface area contributed by atoms with Gasteiger partial charge in [0, 0.05) is 17.4 Å². The molecule has 2 aliphatic rings. The molecule has 0 unspecified atom stereocenters. The summed E-state index contributed by atoms with van der Waals surface area (Å²) in [6, 6.07) is 14.8. The predicted molar refractivity (Wildman–Crippen MR) is 119 cm³/mol. The average Bonchev–Trinajstić information content (AvgIpc) is 2.71. The molecular weight excluding hydrogens is 356 g/mol. The number of phenols is 1. The van der Waals surface area contributed by atoms with Crippen molar-refractivity contribution >= 4 is 0 Å². The van der Waals surface area contributed by atoms with Crippen molar-refractivity contribution in [1.29, 1.82) is 0 Å². The molecule has 2 heteroatoms. The Bertz CT molecular complexity index is 894. The highest BCUT2D eigenvalue weighted by Crippen LogP contribution is 2.51. The van der Waals surface area contributed by atoms with E-state index >= 15 is 0 Å². The third kappa shape index (κ3) is 4.58. The van der Waals surface area contributed by atoms with Gasteiger partial charge in [-0.25, -0.2) is 0 Å². The summed E-state index contributed by atoms with van der Waals surface area (Å²) in [7, 11) is 0. The first-order valence-electron chi connectivity index (χ1n) is 11.1. The molecule has 0 saturated carbocycles. The highest BCUT2D eigenvalue weighted by Gasteiger charge is 2.36. The van der Waals surface area contributed by atoms with E-state index in [9.17, 15) is 5.11 Å². The van der Waals surface area contributed by atoms with Gasteiger partial charge in [0.2, 0.25) is 0 Å². The Balaban J connectivity index is 1.34. The van der Waals surface area contributed by atoms with Crippen molar-refractivity contribution < 1.29 is 9.84 Å². The molecule has 0 aromatic heterocycles. The monoisotopic (exact) mass is 388 g/mol. The van der Waals surface area contributed by atoms with Crippen molar-refractivity contribution in [1.82, 2.24) is 0 Å². The first-order valence-corrected chi connectivity index (χ1v) is 11.1. The molecule has 4 rings (SSSR count). The van der Waals surface area contributed by atoms with Crippen LogP contribution in [-0.4, -0.2) is 5.11 Å². The fraction of sp³-hybridized carbons (Fsp3) is 0.407. The van der Waals surface area contributed by atoms with Gasteiger partial charge in [-0.1, -0.05) is 61.4 Å². The molecule has 0 radical (unpaired) electrons. The fourth-order valence-corrected chi connectivity index (χ4v) is 4.82. The topological polar surface area (TPSA) is 29.5 Å². The van der Waals surface area contributed by atoms with E-state index in [1.165, 1.54) is 30.4 Å². The van der Waals surface area contributed by atoms with Gasteiger partial charge in [-0.05, 0) is 68.7 Å². The Hall–Kier alpha value is -2.48. The Kier molecular flexibility index (Phi) is 6.08. The van der Waals surface area contributed by atoms with Gasteiger partial charge in [0.1, 0.15) is 17.3 Å². The summed E-state index contributed by atoms with van der Waals surface area (Å²) in [4.78, 5) is 0. The van der Waals surface area contributed by atoms with Crippen molar-refractivity contribution in [2.75, 3.05) is 0 Å². The number of benzene rings is 2. The standard InChI is InChI=1S/C27H32O2/c1-19-14-15-23-20(2)29-26-18-22(17-25(28)27(26)24(23)16-19)13-7-4-3-6-10-21-11-8-5-9-12-21/h5,8-9,11-12,16-18,23-24,28H,2-4,6-7,10,13-15H2,1H3/t23-,24+/m0/s1. The smallest absolute Gasteiger partial charge is 0.134 e. The van der Waals surface area contributed by atoms with Crippen molar-refractivity contribution in [2.24, 2.45) is 5.92 Å². The van der Waals surface area contributed by atoms with Crippen LogP contribution >= 0.6 is 0 Å². The Morgan fingerprint density at radius 1 is 1.00 bits per heavy atom. The van der Waals surface area contributed by atoms with Crippen molar-refractivity contribution in [3.63, 3.8) is 0 Å². The molecule has 2 aromatic carbocycles. The summed E-state index contributed by atoms with van der Waals surface area (Å²) in [5, 5.41) is 10.8. The molecule has 2 aromatic rings. The zero-order valence-electron chi connectivity index (χ0n) is 17.5. The molecule has 0 bridgehead atoms. The lowest BCUT2D eigenvalue weighted by Gasteiger charge is -2.37. The first-order chi connectivity index (χ1) is 14.1. The molecular formula is C27H32O2. The first kappa shape index (κ1) is 19.8. The SMILES string of the molecule is C=C1Oc2cc(CCCCCCc3ccccc3)cc(O)c2[C@@H]2C=C(C)CC[C@@H]12. The lowest BCUT2D eigenvalue weighted by atomic mass is 9.74. The van der Waals surface area contributed by atoms with Crippen molar-refractivity contribution in [3.05, 3.63) is 83.1 Å². The fourth-order valence-electron chi connectivity index (χ4n) is 4.82. The maximum atomic E-state index is 10.8. The zero-order chi connectivity index (χ0) is 20.2. The van der Waals surface area contributed by atoms with E-state index in [1.54, 1.807) is 0 Å². The van der Waals surface area contributed by atoms with Crippen LogP contribution in [0.15, 0.2) is 66.5 Å². The number of phenolic OH excluding ortho intramolecular Hbond substituents is 1. The van der Waals surface area contributed by atoms with Gasteiger partial charge in [0.05, 0.1) is 0 Å². The molecule has 1 aliphatic heterocycles. The molecule has 1 aliphatic carbocycles. The van der Waals surface area contributed by atoms with Crippen LogP contribution in [0.3, 0.4) is 0 Å². The van der Waals surface area contributed by atoms with Crippen molar-refractivity contribution in [2.45, 2.75) is 64.2 Å². The largest absolute Gasteiger partial charge is 0.507 e. The van der Waals surface area contributed by atoms with E-state index in [1.807, 2.05) is 6.07 Å². The van der Waals surface area contributed by atoms with E-state index < -0.39 is 0 Å². The summed E-state index contributed by atoms with van der Waals surface area (Å²) < 4.78 is 6.07. The average molecular weight is 389 g/mol. The van der Waals surface area contributed by atoms with Crippen LogP contribution in [0.5, 0.6) is 11.5 Å². The number of rotatable bonds is 7. The Morgan fingerprint density at radius 3 is 2.48 bits per heavy atom. The number of allylic oxidation sites excluding steroid dienone is 3. The molecule has 0 fully saturated rings. The van der Waals surface area contributed by atoms with E-state index in [2.05, 4.69) is 56.0 Å². The highest BCUT2D eigenvalue weighted by atomic mass is 16.5. The maximum Gasteiger partial charge on any atom is 0.134 e. The van der Waals surface area contributed by atoms with Crippen LogP contribution < -0.4 is 4.74 Å². The molecule has 1 N–H and O–H groups in total. The lowest BCUT2D eigenvalue weighted by Crippen LogP contribution is -2.25. The molecule has 152 valence electrons. The van der Waals surface area contributed by atoms with Gasteiger partial charge in [-0.3, -0.25) is 0 Å². The third-order valence-corrected chi connectivity index (χ3v) is 6.44. The second-order valence-corrected chi connectivity index (χ2v) is 8.68. The summed E-state index contributed by atoms with van der Waals surface area (Å²) in [6.45, 7) is 6.35. The third-order valence-electron chi connectivity index (χ3n) is 6.44. The van der Waals surface area contributed by atoms with E-state index in [0.29, 0.717) is 5.75 Å². The van der Waals surface area contributed by atoms with E-state index in [-0.39, 0.29) is 11.8 Å². The number of fused-ring (bicyclic) bond motifs is 3. The quantitative estimate of drug-likeness (QED) is 0.405. The molecule has 0 amide bonds. The Morgan fingerprint density at radius 2 is 1.72 bits per heavy atom. The molecule has 0 spiro atoms. The van der Waals surface area contributed by atoms with E-state index in [4.69, 9.17) is 4.74 Å². The second kappa shape index (κ2) is 8.90. The van der Waals surface area contributed by atoms with Crippen LogP contribution in [0.25, 0.3) is 0 Å². The zero-order valence-corrected chi connectivity index (χ0v) is 17.5. The van der Waals surface area contributed by atoms with Gasteiger partial charge < -0.3 is 9.84 Å². The second-order valence-electron chi connectivity index (χ2n) is 8.68. The van der Waals surface area contributed by atoms with Gasteiger partial charge in [-0.15, -0.1) is 0 Å².